The molecule has 6 rings (SSSR count). The average Bonchev–Trinajstić information content (AvgIpc) is 3.81. The molecule has 11 heteroatoms. The molecule has 0 saturated carbocycles. The monoisotopic (exact) mass is 729 g/mol. The largest absolute Gasteiger partial charge is 0.453 e. The molecule has 0 bridgehead atoms. The number of hydrogen-bond acceptors (Lipinski definition) is 6. The summed E-state index contributed by atoms with van der Waals surface area (Å²) in [6.45, 7) is 6.37. The zero-order valence-corrected chi connectivity index (χ0v) is 31.1. The van der Waals surface area contributed by atoms with Crippen LogP contribution >= 0.6 is 0 Å². The van der Waals surface area contributed by atoms with Gasteiger partial charge >= 0.3 is 6.09 Å². The molecule has 4 atom stereocenters. The summed E-state index contributed by atoms with van der Waals surface area (Å²) < 4.78 is 4.78. The van der Waals surface area contributed by atoms with E-state index in [1.807, 2.05) is 98.8 Å². The second-order valence-electron chi connectivity index (χ2n) is 14.4. The molecule has 4 aromatic carbocycles. The highest BCUT2D eigenvalue weighted by atomic mass is 16.5. The zero-order chi connectivity index (χ0) is 38.5. The standard InChI is InChI=1S/C43H47N5O6/c1-29(30-13-7-5-8-14-30)37(49)47-27-11-25-42(47,2)39(51)44-34-21-17-31(18-22-34)32-19-23-35(24-20-32)45-40(52)43(3)26-12-28-48(43)38(50)36(46-41(53)54-4)33-15-9-6-10-16-33/h5-10,13-24,29,36H,11-12,25-28H2,1-4H3,(H,44,51)(H,45,52)(H,46,53)/t29-,36-,42-,43-/m1/s1. The summed E-state index contributed by atoms with van der Waals surface area (Å²) in [5.41, 5.74) is 2.44. The third-order valence-corrected chi connectivity index (χ3v) is 10.9. The van der Waals surface area contributed by atoms with Crippen LogP contribution in [0.4, 0.5) is 16.2 Å². The van der Waals surface area contributed by atoms with Gasteiger partial charge in [0.15, 0.2) is 0 Å². The lowest BCUT2D eigenvalue weighted by Crippen LogP contribution is -2.56. The molecular formula is C43H47N5O6. The van der Waals surface area contributed by atoms with Gasteiger partial charge in [0.1, 0.15) is 17.1 Å². The molecule has 2 heterocycles. The lowest BCUT2D eigenvalue weighted by molar-refractivity contribution is -0.143. The number of hydrogen-bond donors (Lipinski definition) is 3. The zero-order valence-electron chi connectivity index (χ0n) is 31.1. The average molecular weight is 730 g/mol. The highest BCUT2D eigenvalue weighted by Gasteiger charge is 2.48. The van der Waals surface area contributed by atoms with E-state index >= 15 is 0 Å². The molecule has 0 aromatic heterocycles. The highest BCUT2D eigenvalue weighted by Crippen LogP contribution is 2.35. The van der Waals surface area contributed by atoms with Crippen molar-refractivity contribution in [2.24, 2.45) is 0 Å². The Morgan fingerprint density at radius 3 is 1.48 bits per heavy atom. The summed E-state index contributed by atoms with van der Waals surface area (Å²) in [6, 6.07) is 32.4. The quantitative estimate of drug-likeness (QED) is 0.163. The number of alkyl carbamates (subject to hydrolysis) is 1. The van der Waals surface area contributed by atoms with Crippen molar-refractivity contribution >= 4 is 41.1 Å². The van der Waals surface area contributed by atoms with Crippen LogP contribution in [-0.2, 0) is 23.9 Å². The minimum Gasteiger partial charge on any atom is -0.453 e. The number of carbonyl (C=O) groups excluding carboxylic acids is 5. The predicted octanol–water partition coefficient (Wildman–Crippen LogP) is 6.89. The van der Waals surface area contributed by atoms with Gasteiger partial charge in [0.25, 0.3) is 5.91 Å². The summed E-state index contributed by atoms with van der Waals surface area (Å²) in [7, 11) is 1.24. The van der Waals surface area contributed by atoms with Gasteiger partial charge in [-0.05, 0) is 93.0 Å². The smallest absolute Gasteiger partial charge is 0.407 e. The third-order valence-electron chi connectivity index (χ3n) is 10.9. The van der Waals surface area contributed by atoms with E-state index in [4.69, 9.17) is 4.74 Å². The molecule has 0 radical (unpaired) electrons. The Balaban J connectivity index is 1.09. The topological polar surface area (TPSA) is 137 Å². The summed E-state index contributed by atoms with van der Waals surface area (Å²) in [5.74, 6) is -1.34. The minimum absolute atomic E-state index is 0.0564. The van der Waals surface area contributed by atoms with Gasteiger partial charge in [-0.15, -0.1) is 0 Å². The summed E-state index contributed by atoms with van der Waals surface area (Å²) in [4.78, 5) is 70.3. The number of nitrogens with zero attached hydrogens (tertiary/aromatic N) is 2. The number of rotatable bonds is 10. The molecule has 11 nitrogen and oxygen atoms in total. The van der Waals surface area contributed by atoms with Gasteiger partial charge in [-0.3, -0.25) is 19.2 Å². The van der Waals surface area contributed by atoms with E-state index in [1.54, 1.807) is 41.0 Å². The van der Waals surface area contributed by atoms with Crippen LogP contribution in [-0.4, -0.2) is 70.8 Å². The number of methoxy groups -OCH3 is 1. The molecule has 54 heavy (non-hydrogen) atoms. The Labute approximate surface area is 316 Å². The Morgan fingerprint density at radius 2 is 1.04 bits per heavy atom. The van der Waals surface area contributed by atoms with E-state index in [9.17, 15) is 24.0 Å². The molecule has 2 fully saturated rings. The van der Waals surface area contributed by atoms with Crippen molar-refractivity contribution < 1.29 is 28.7 Å². The van der Waals surface area contributed by atoms with Gasteiger partial charge in [-0.25, -0.2) is 4.79 Å². The molecule has 3 N–H and O–H groups in total. The molecule has 280 valence electrons. The molecule has 5 amide bonds. The van der Waals surface area contributed by atoms with Crippen LogP contribution < -0.4 is 16.0 Å². The number of amides is 5. The number of ether oxygens (including phenoxy) is 1. The number of carbonyl (C=O) groups is 5. The minimum atomic E-state index is -1.14. The van der Waals surface area contributed by atoms with Crippen molar-refractivity contribution in [3.05, 3.63) is 120 Å². The van der Waals surface area contributed by atoms with Crippen LogP contribution in [0.25, 0.3) is 11.1 Å². The van der Waals surface area contributed by atoms with Crippen LogP contribution in [0.2, 0.25) is 0 Å². The van der Waals surface area contributed by atoms with Crippen molar-refractivity contribution in [1.29, 1.82) is 0 Å². The van der Waals surface area contributed by atoms with E-state index in [-0.39, 0.29) is 23.6 Å². The summed E-state index contributed by atoms with van der Waals surface area (Å²) in [5, 5.41) is 8.65. The van der Waals surface area contributed by atoms with E-state index in [2.05, 4.69) is 16.0 Å². The normalized spacial score (nSPS) is 20.4. The summed E-state index contributed by atoms with van der Waals surface area (Å²) in [6.07, 6.45) is 1.70. The Morgan fingerprint density at radius 1 is 0.611 bits per heavy atom. The van der Waals surface area contributed by atoms with E-state index in [0.717, 1.165) is 23.1 Å². The van der Waals surface area contributed by atoms with Crippen LogP contribution in [0.5, 0.6) is 0 Å². The fourth-order valence-electron chi connectivity index (χ4n) is 7.51. The van der Waals surface area contributed by atoms with Gasteiger partial charge < -0.3 is 30.5 Å². The fourth-order valence-corrected chi connectivity index (χ4v) is 7.51. The van der Waals surface area contributed by atoms with Gasteiger partial charge in [-0.2, -0.15) is 0 Å². The van der Waals surface area contributed by atoms with Gasteiger partial charge in [0.05, 0.1) is 13.0 Å². The first-order chi connectivity index (χ1) is 25.9. The fraction of sp³-hybridized carbons (Fsp3) is 0.326. The van der Waals surface area contributed by atoms with Gasteiger partial charge in [-0.1, -0.05) is 84.9 Å². The molecule has 0 aliphatic carbocycles. The number of anilines is 2. The molecule has 4 aromatic rings. The second kappa shape index (κ2) is 16.0. The first kappa shape index (κ1) is 37.8. The van der Waals surface area contributed by atoms with Gasteiger partial charge in [0.2, 0.25) is 17.7 Å². The first-order valence-electron chi connectivity index (χ1n) is 18.4. The van der Waals surface area contributed by atoms with Crippen LogP contribution in [0.15, 0.2) is 109 Å². The molecule has 2 saturated heterocycles. The molecular weight excluding hydrogens is 683 g/mol. The number of benzene rings is 4. The van der Waals surface area contributed by atoms with Crippen LogP contribution in [0.1, 0.15) is 69.5 Å². The lowest BCUT2D eigenvalue weighted by Gasteiger charge is -2.36. The van der Waals surface area contributed by atoms with Crippen molar-refractivity contribution in [3.8, 4) is 11.1 Å². The Bertz CT molecular complexity index is 1990. The predicted molar refractivity (Wildman–Crippen MR) is 207 cm³/mol. The second-order valence-corrected chi connectivity index (χ2v) is 14.4. The molecule has 0 spiro atoms. The van der Waals surface area contributed by atoms with Crippen molar-refractivity contribution in [2.75, 3.05) is 30.8 Å². The maximum atomic E-state index is 13.9. The number of nitrogens with one attached hydrogen (secondary N) is 3. The van der Waals surface area contributed by atoms with Crippen molar-refractivity contribution in [3.63, 3.8) is 0 Å². The van der Waals surface area contributed by atoms with E-state index in [1.165, 1.54) is 7.11 Å². The Hall–Kier alpha value is -5.97. The number of likely N-dealkylation sites (tertiary alicyclic amines) is 2. The maximum absolute atomic E-state index is 13.9. The Kier molecular flexibility index (Phi) is 11.2. The van der Waals surface area contributed by atoms with Crippen LogP contribution in [0, 0.1) is 0 Å². The maximum Gasteiger partial charge on any atom is 0.407 e. The molecule has 2 aliphatic rings. The van der Waals surface area contributed by atoms with Crippen molar-refractivity contribution in [1.82, 2.24) is 15.1 Å². The third kappa shape index (κ3) is 7.71. The molecule has 2 aliphatic heterocycles. The lowest BCUT2D eigenvalue weighted by atomic mass is 9.94. The molecule has 0 unspecified atom stereocenters. The van der Waals surface area contributed by atoms with Gasteiger partial charge in [0, 0.05) is 24.5 Å². The SMILES string of the molecule is COC(=O)N[C@@H](C(=O)N1CCC[C@]1(C)C(=O)Nc1ccc(-c2ccc(NC(=O)[C@@]3(C)CCCN3C(=O)[C@H](C)c3ccccc3)cc2)cc1)c1ccccc1. The van der Waals surface area contributed by atoms with Crippen LogP contribution in [0.3, 0.4) is 0 Å². The van der Waals surface area contributed by atoms with E-state index in [0.29, 0.717) is 49.3 Å². The first-order valence-corrected chi connectivity index (χ1v) is 18.4. The van der Waals surface area contributed by atoms with Crippen molar-refractivity contribution in [2.45, 2.75) is 69.5 Å². The summed E-state index contributed by atoms with van der Waals surface area (Å²) >= 11 is 0. The van der Waals surface area contributed by atoms with E-state index < -0.39 is 29.1 Å². The highest BCUT2D eigenvalue weighted by molar-refractivity contribution is 6.03.